The molecule has 1 heterocycles. The Morgan fingerprint density at radius 2 is 1.18 bits per heavy atom. The molecule has 0 bridgehead atoms. The van der Waals surface area contributed by atoms with Crippen LogP contribution in [0.4, 0.5) is 17.1 Å². The van der Waals surface area contributed by atoms with Gasteiger partial charge in [0.15, 0.2) is 0 Å². The normalized spacial score (nSPS) is 14.3. The van der Waals surface area contributed by atoms with Crippen molar-refractivity contribution in [2.45, 2.75) is 13.3 Å². The second-order valence-corrected chi connectivity index (χ2v) is 13.4. The lowest BCUT2D eigenvalue weighted by molar-refractivity contribution is 0.667. The van der Waals surface area contributed by atoms with Crippen molar-refractivity contribution >= 4 is 77.4 Å². The Morgan fingerprint density at radius 3 is 2.04 bits per heavy atom. The van der Waals surface area contributed by atoms with E-state index in [0.717, 1.165) is 34.6 Å². The molecule has 0 aliphatic heterocycles. The summed E-state index contributed by atoms with van der Waals surface area (Å²) in [5.74, 6) is 0.506. The molecule has 2 heteroatoms. The molecule has 1 aliphatic carbocycles. The molecule has 9 aromatic rings. The average Bonchev–Trinajstić information content (AvgIpc) is 3.54. The van der Waals surface area contributed by atoms with E-state index in [1.165, 1.54) is 65.3 Å². The summed E-state index contributed by atoms with van der Waals surface area (Å²) in [6, 6.07) is 55.1. The van der Waals surface area contributed by atoms with Crippen LogP contribution in [0.5, 0.6) is 0 Å². The standard InChI is InChI=1S/C47H33NO/c1-30-11-12-33-21-25-45-47(41(33)27-30)43-29-39(24-26-44(43)49-45)48(37-8-3-2-4-9-37)38-22-19-31(20-23-38)36-18-15-34-14-17-35-16-13-32-7-5-6-10-40(32)46(35)42(34)28-36/h2-26,28-30H,27H2,1H3. The van der Waals surface area contributed by atoms with Crippen LogP contribution in [0.2, 0.25) is 0 Å². The Kier molecular flexibility index (Phi) is 6.25. The molecular weight excluding hydrogens is 595 g/mol. The number of hydrogen-bond donors (Lipinski definition) is 0. The van der Waals surface area contributed by atoms with E-state index >= 15 is 0 Å². The van der Waals surface area contributed by atoms with Crippen molar-refractivity contribution in [3.63, 3.8) is 0 Å². The Morgan fingerprint density at radius 1 is 0.510 bits per heavy atom. The summed E-state index contributed by atoms with van der Waals surface area (Å²) in [5, 5.41) is 10.1. The molecule has 1 aliphatic rings. The van der Waals surface area contributed by atoms with Crippen molar-refractivity contribution in [3.8, 4) is 11.1 Å². The van der Waals surface area contributed by atoms with Gasteiger partial charge in [-0.2, -0.15) is 0 Å². The van der Waals surface area contributed by atoms with Gasteiger partial charge in [0.1, 0.15) is 11.2 Å². The largest absolute Gasteiger partial charge is 0.456 e. The third-order valence-corrected chi connectivity index (χ3v) is 10.4. The van der Waals surface area contributed by atoms with Crippen LogP contribution in [-0.4, -0.2) is 0 Å². The first-order chi connectivity index (χ1) is 24.2. The summed E-state index contributed by atoms with van der Waals surface area (Å²) in [7, 11) is 0. The fourth-order valence-electron chi connectivity index (χ4n) is 7.95. The number of allylic oxidation sites excluding steroid dienone is 1. The highest BCUT2D eigenvalue weighted by Gasteiger charge is 2.20. The average molecular weight is 628 g/mol. The first-order valence-corrected chi connectivity index (χ1v) is 17.1. The molecule has 0 saturated carbocycles. The van der Waals surface area contributed by atoms with Gasteiger partial charge in [-0.05, 0) is 122 Å². The molecule has 232 valence electrons. The zero-order valence-corrected chi connectivity index (χ0v) is 27.2. The fourth-order valence-corrected chi connectivity index (χ4v) is 7.95. The third-order valence-electron chi connectivity index (χ3n) is 10.4. The molecule has 0 amide bonds. The van der Waals surface area contributed by atoms with Gasteiger partial charge in [-0.15, -0.1) is 0 Å². The first kappa shape index (κ1) is 27.9. The summed E-state index contributed by atoms with van der Waals surface area (Å²) < 4.78 is 6.40. The summed E-state index contributed by atoms with van der Waals surface area (Å²) >= 11 is 0. The van der Waals surface area contributed by atoms with Crippen LogP contribution >= 0.6 is 0 Å². The monoisotopic (exact) mass is 627 g/mol. The molecule has 49 heavy (non-hydrogen) atoms. The minimum absolute atomic E-state index is 0.506. The Hall–Kier alpha value is -6.12. The second kappa shape index (κ2) is 11.0. The van der Waals surface area contributed by atoms with E-state index in [-0.39, 0.29) is 0 Å². The predicted molar refractivity (Wildman–Crippen MR) is 208 cm³/mol. The van der Waals surface area contributed by atoms with Crippen molar-refractivity contribution in [3.05, 3.63) is 169 Å². The SMILES string of the molecule is CC1C=Cc2ccc3oc4ccc(N(c5ccccc5)c5ccc(-c6ccc7ccc8ccc9ccccc9c8c7c6)cc5)cc4c3c2C1. The lowest BCUT2D eigenvalue weighted by Gasteiger charge is -2.26. The van der Waals surface area contributed by atoms with Gasteiger partial charge in [-0.1, -0.05) is 116 Å². The van der Waals surface area contributed by atoms with Gasteiger partial charge >= 0.3 is 0 Å². The van der Waals surface area contributed by atoms with E-state index in [2.05, 4.69) is 176 Å². The first-order valence-electron chi connectivity index (χ1n) is 17.1. The molecular formula is C47H33NO. The van der Waals surface area contributed by atoms with Gasteiger partial charge < -0.3 is 9.32 Å². The lowest BCUT2D eigenvalue weighted by atomic mass is 9.88. The number of anilines is 3. The Bertz CT molecular complexity index is 2750. The highest BCUT2D eigenvalue weighted by Crippen LogP contribution is 2.42. The van der Waals surface area contributed by atoms with E-state index in [1.807, 2.05) is 0 Å². The quantitative estimate of drug-likeness (QED) is 0.181. The molecule has 0 fully saturated rings. The van der Waals surface area contributed by atoms with E-state index < -0.39 is 0 Å². The maximum atomic E-state index is 6.40. The zero-order chi connectivity index (χ0) is 32.5. The van der Waals surface area contributed by atoms with Crippen LogP contribution in [-0.2, 0) is 6.42 Å². The molecule has 8 aromatic carbocycles. The highest BCUT2D eigenvalue weighted by atomic mass is 16.3. The third kappa shape index (κ3) is 4.56. The number of hydrogen-bond acceptors (Lipinski definition) is 2. The smallest absolute Gasteiger partial charge is 0.135 e. The van der Waals surface area contributed by atoms with Crippen molar-refractivity contribution in [1.82, 2.24) is 0 Å². The topological polar surface area (TPSA) is 16.4 Å². The van der Waals surface area contributed by atoms with Gasteiger partial charge in [-0.25, -0.2) is 0 Å². The Balaban J connectivity index is 1.10. The number of furan rings is 1. The fraction of sp³-hybridized carbons (Fsp3) is 0.0638. The van der Waals surface area contributed by atoms with Gasteiger partial charge in [0, 0.05) is 27.8 Å². The van der Waals surface area contributed by atoms with Gasteiger partial charge in [0.2, 0.25) is 0 Å². The molecule has 1 atom stereocenters. The van der Waals surface area contributed by atoms with Crippen molar-refractivity contribution < 1.29 is 4.42 Å². The van der Waals surface area contributed by atoms with E-state index in [0.29, 0.717) is 5.92 Å². The summed E-state index contributed by atoms with van der Waals surface area (Å²) in [6.07, 6.45) is 5.60. The van der Waals surface area contributed by atoms with E-state index in [1.54, 1.807) is 0 Å². The van der Waals surface area contributed by atoms with Crippen LogP contribution in [0.25, 0.3) is 71.5 Å². The maximum Gasteiger partial charge on any atom is 0.135 e. The van der Waals surface area contributed by atoms with Crippen LogP contribution in [0.3, 0.4) is 0 Å². The molecule has 10 rings (SSSR count). The summed E-state index contributed by atoms with van der Waals surface area (Å²) in [6.45, 7) is 2.29. The number of nitrogens with zero attached hydrogens (tertiary/aromatic N) is 1. The predicted octanol–water partition coefficient (Wildman–Crippen LogP) is 13.4. The minimum atomic E-state index is 0.506. The highest BCUT2D eigenvalue weighted by molar-refractivity contribution is 6.20. The zero-order valence-electron chi connectivity index (χ0n) is 27.2. The van der Waals surface area contributed by atoms with Crippen LogP contribution in [0.15, 0.2) is 162 Å². The number of fused-ring (bicyclic) bond motifs is 10. The van der Waals surface area contributed by atoms with E-state index in [4.69, 9.17) is 4.42 Å². The molecule has 0 saturated heterocycles. The van der Waals surface area contributed by atoms with Crippen LogP contribution in [0, 0.1) is 5.92 Å². The Labute approximate surface area is 285 Å². The lowest BCUT2D eigenvalue weighted by Crippen LogP contribution is -2.09. The summed E-state index contributed by atoms with van der Waals surface area (Å²) in [4.78, 5) is 2.35. The minimum Gasteiger partial charge on any atom is -0.456 e. The van der Waals surface area contributed by atoms with Gasteiger partial charge in [0.25, 0.3) is 0 Å². The molecule has 0 N–H and O–H groups in total. The van der Waals surface area contributed by atoms with Crippen LogP contribution < -0.4 is 4.90 Å². The molecule has 1 aromatic heterocycles. The molecule has 2 nitrogen and oxygen atoms in total. The molecule has 0 spiro atoms. The number of para-hydroxylation sites is 1. The number of rotatable bonds is 4. The van der Waals surface area contributed by atoms with Crippen molar-refractivity contribution in [2.75, 3.05) is 4.90 Å². The number of benzene rings is 8. The van der Waals surface area contributed by atoms with Crippen molar-refractivity contribution in [1.29, 1.82) is 0 Å². The van der Waals surface area contributed by atoms with Gasteiger partial charge in [-0.3, -0.25) is 0 Å². The van der Waals surface area contributed by atoms with Crippen LogP contribution in [0.1, 0.15) is 18.1 Å². The molecule has 1 unspecified atom stereocenters. The molecule has 0 radical (unpaired) electrons. The maximum absolute atomic E-state index is 6.40. The van der Waals surface area contributed by atoms with Gasteiger partial charge in [0.05, 0.1) is 0 Å². The second-order valence-electron chi connectivity index (χ2n) is 13.4. The van der Waals surface area contributed by atoms with E-state index in [9.17, 15) is 0 Å². The summed E-state index contributed by atoms with van der Waals surface area (Å²) in [5.41, 5.74) is 10.3. The van der Waals surface area contributed by atoms with Crippen molar-refractivity contribution in [2.24, 2.45) is 5.92 Å².